The third-order valence-corrected chi connectivity index (χ3v) is 6.16. The average molecular weight is 468 g/mol. The Balaban J connectivity index is 1.48. The van der Waals surface area contributed by atoms with Gasteiger partial charge in [0.2, 0.25) is 0 Å². The first-order valence-electron chi connectivity index (χ1n) is 11.5. The summed E-state index contributed by atoms with van der Waals surface area (Å²) in [5.74, 6) is 0.795. The van der Waals surface area contributed by atoms with Crippen molar-refractivity contribution in [3.63, 3.8) is 0 Å². The lowest BCUT2D eigenvalue weighted by Gasteiger charge is -2.29. The molecule has 0 N–H and O–H groups in total. The quantitative estimate of drug-likeness (QED) is 0.228. The van der Waals surface area contributed by atoms with Gasteiger partial charge in [0.25, 0.3) is 0 Å². The van der Waals surface area contributed by atoms with Gasteiger partial charge in [0.15, 0.2) is 5.78 Å². The molecule has 5 rings (SSSR count). The second kappa shape index (κ2) is 8.91. The van der Waals surface area contributed by atoms with Gasteiger partial charge in [-0.15, -0.1) is 0 Å². The summed E-state index contributed by atoms with van der Waals surface area (Å²) in [6.07, 6.45) is 9.34. The zero-order valence-corrected chi connectivity index (χ0v) is 19.9. The maximum Gasteiger partial charge on any atom is 0.189 e. The lowest BCUT2D eigenvalue weighted by Crippen LogP contribution is -2.28. The largest absolute Gasteiger partial charge is 0.496 e. The average Bonchev–Trinajstić information content (AvgIpc) is 3.20. The van der Waals surface area contributed by atoms with E-state index in [2.05, 4.69) is 4.57 Å². The van der Waals surface area contributed by atoms with Crippen LogP contribution in [0.1, 0.15) is 40.9 Å². The summed E-state index contributed by atoms with van der Waals surface area (Å²) < 4.78 is 27.1. The molecule has 0 fully saturated rings. The first-order chi connectivity index (χ1) is 16.8. The molecule has 0 bridgehead atoms. The molecule has 176 valence electrons. The van der Waals surface area contributed by atoms with Gasteiger partial charge in [-0.25, -0.2) is 4.39 Å². The van der Waals surface area contributed by atoms with Gasteiger partial charge in [-0.05, 0) is 74.0 Å². The van der Waals surface area contributed by atoms with E-state index < -0.39 is 5.60 Å². The van der Waals surface area contributed by atoms with E-state index in [0.29, 0.717) is 23.6 Å². The normalized spacial score (nSPS) is 14.2. The predicted molar refractivity (Wildman–Crippen MR) is 138 cm³/mol. The minimum absolute atomic E-state index is 0.148. The van der Waals surface area contributed by atoms with E-state index in [-0.39, 0.29) is 11.6 Å². The summed E-state index contributed by atoms with van der Waals surface area (Å²) in [4.78, 5) is 13.3. The first kappa shape index (κ1) is 22.7. The summed E-state index contributed by atoms with van der Waals surface area (Å²) >= 11 is 0. The summed E-state index contributed by atoms with van der Waals surface area (Å²) in [7, 11) is 1.60. The van der Waals surface area contributed by atoms with Crippen LogP contribution in [0.4, 0.5) is 4.39 Å². The van der Waals surface area contributed by atoms with E-state index >= 15 is 0 Å². The van der Waals surface area contributed by atoms with Crippen molar-refractivity contribution in [3.8, 4) is 11.5 Å². The minimum atomic E-state index is -0.522. The lowest BCUT2D eigenvalue weighted by molar-refractivity contribution is 0.103. The number of ether oxygens (including phenoxy) is 2. The molecule has 0 atom stereocenters. The van der Waals surface area contributed by atoms with Crippen molar-refractivity contribution in [1.82, 2.24) is 4.57 Å². The van der Waals surface area contributed by atoms with Crippen LogP contribution >= 0.6 is 0 Å². The van der Waals surface area contributed by atoms with Crippen LogP contribution in [0.25, 0.3) is 23.1 Å². The predicted octanol–water partition coefficient (Wildman–Crippen LogP) is 6.92. The van der Waals surface area contributed by atoms with Gasteiger partial charge in [-0.2, -0.15) is 0 Å². The summed E-state index contributed by atoms with van der Waals surface area (Å²) in [5, 5.41) is 1.04. The zero-order valence-electron chi connectivity index (χ0n) is 19.9. The smallest absolute Gasteiger partial charge is 0.189 e. The van der Waals surface area contributed by atoms with Gasteiger partial charge in [0, 0.05) is 29.2 Å². The van der Waals surface area contributed by atoms with Crippen molar-refractivity contribution in [2.24, 2.45) is 0 Å². The van der Waals surface area contributed by atoms with Gasteiger partial charge in [-0.1, -0.05) is 30.3 Å². The Morgan fingerprint density at radius 3 is 2.63 bits per heavy atom. The fraction of sp³-hybridized carbons (Fsp3) is 0.167. The second-order valence-electron chi connectivity index (χ2n) is 9.15. The van der Waals surface area contributed by atoms with Gasteiger partial charge < -0.3 is 14.0 Å². The van der Waals surface area contributed by atoms with Crippen LogP contribution in [0.3, 0.4) is 0 Å². The Labute approximate surface area is 203 Å². The number of halogens is 1. The van der Waals surface area contributed by atoms with Crippen LogP contribution in [-0.2, 0) is 6.54 Å². The molecule has 0 radical (unpaired) electrons. The second-order valence-corrected chi connectivity index (χ2v) is 9.15. The van der Waals surface area contributed by atoms with E-state index in [1.54, 1.807) is 37.5 Å². The maximum atomic E-state index is 13.3. The summed E-state index contributed by atoms with van der Waals surface area (Å²) in [6, 6.07) is 18.1. The Morgan fingerprint density at radius 1 is 1.09 bits per heavy atom. The Hall–Kier alpha value is -4.12. The molecule has 1 aromatic heterocycles. The number of fused-ring (bicyclic) bond motifs is 2. The van der Waals surface area contributed by atoms with E-state index in [0.717, 1.165) is 27.6 Å². The van der Waals surface area contributed by atoms with Crippen molar-refractivity contribution in [2.75, 3.05) is 7.11 Å². The number of para-hydroxylation sites is 1. The van der Waals surface area contributed by atoms with Crippen molar-refractivity contribution in [3.05, 3.63) is 107 Å². The highest BCUT2D eigenvalue weighted by atomic mass is 19.1. The van der Waals surface area contributed by atoms with Crippen LogP contribution in [0, 0.1) is 5.82 Å². The number of benzene rings is 3. The topological polar surface area (TPSA) is 40.5 Å². The molecule has 0 aliphatic carbocycles. The molecule has 2 heterocycles. The highest BCUT2D eigenvalue weighted by molar-refractivity contribution is 6.10. The fourth-order valence-corrected chi connectivity index (χ4v) is 4.38. The third kappa shape index (κ3) is 4.50. The number of carbonyl (C=O) groups is 1. The van der Waals surface area contributed by atoms with Crippen molar-refractivity contribution < 1.29 is 18.7 Å². The summed E-state index contributed by atoms with van der Waals surface area (Å²) in [5.41, 5.74) is 3.70. The molecule has 0 saturated carbocycles. The monoisotopic (exact) mass is 467 g/mol. The van der Waals surface area contributed by atoms with E-state index in [9.17, 15) is 9.18 Å². The molecular weight excluding hydrogens is 441 g/mol. The molecule has 3 aromatic carbocycles. The zero-order chi connectivity index (χ0) is 24.6. The van der Waals surface area contributed by atoms with Crippen LogP contribution in [0.5, 0.6) is 11.5 Å². The Kier molecular flexibility index (Phi) is 5.77. The number of allylic oxidation sites excluding steroid dienone is 1. The van der Waals surface area contributed by atoms with E-state index in [4.69, 9.17) is 9.47 Å². The van der Waals surface area contributed by atoms with Crippen LogP contribution in [-0.4, -0.2) is 23.1 Å². The number of rotatable bonds is 6. The number of ketones is 1. The molecule has 0 saturated heterocycles. The Bertz CT molecular complexity index is 1480. The molecule has 0 spiro atoms. The van der Waals surface area contributed by atoms with Crippen LogP contribution in [0.15, 0.2) is 79.0 Å². The van der Waals surface area contributed by atoms with Crippen LogP contribution < -0.4 is 9.47 Å². The Morgan fingerprint density at radius 2 is 1.86 bits per heavy atom. The molecule has 0 amide bonds. The highest BCUT2D eigenvalue weighted by Crippen LogP contribution is 2.40. The number of methoxy groups -OCH3 is 1. The SMILES string of the molecule is COc1ccc(C(=O)/C=C/c2cn(Cc3ccc(F)cc3)c3ccccc23)c2c1C=CC(C)(C)O2. The van der Waals surface area contributed by atoms with Crippen molar-refractivity contribution in [2.45, 2.75) is 26.0 Å². The molecular formula is C30H26FNO3. The molecule has 35 heavy (non-hydrogen) atoms. The summed E-state index contributed by atoms with van der Waals surface area (Å²) in [6.45, 7) is 4.50. The molecule has 4 aromatic rings. The van der Waals surface area contributed by atoms with E-state index in [1.807, 2.05) is 62.5 Å². The fourth-order valence-electron chi connectivity index (χ4n) is 4.38. The number of hydrogen-bond donors (Lipinski definition) is 0. The molecule has 5 heteroatoms. The van der Waals surface area contributed by atoms with E-state index in [1.165, 1.54) is 12.1 Å². The number of nitrogens with zero attached hydrogens (tertiary/aromatic N) is 1. The van der Waals surface area contributed by atoms with Gasteiger partial charge in [0.1, 0.15) is 22.9 Å². The third-order valence-electron chi connectivity index (χ3n) is 6.16. The van der Waals surface area contributed by atoms with Crippen molar-refractivity contribution in [1.29, 1.82) is 0 Å². The number of carbonyl (C=O) groups excluding carboxylic acids is 1. The van der Waals surface area contributed by atoms with Gasteiger partial charge in [0.05, 0.1) is 18.2 Å². The molecule has 0 unspecified atom stereocenters. The maximum absolute atomic E-state index is 13.3. The van der Waals surface area contributed by atoms with Gasteiger partial charge in [-0.3, -0.25) is 4.79 Å². The minimum Gasteiger partial charge on any atom is -0.496 e. The standard InChI is InChI=1S/C30H26FNO3/c1-30(2)17-16-25-28(34-3)15-13-24(29(25)35-30)27(33)14-10-21-19-32(26-7-5-4-6-23(21)26)18-20-8-11-22(31)12-9-20/h4-17,19H,18H2,1-3H3/b14-10+. The van der Waals surface area contributed by atoms with Gasteiger partial charge >= 0.3 is 0 Å². The van der Waals surface area contributed by atoms with Crippen LogP contribution in [0.2, 0.25) is 0 Å². The highest BCUT2D eigenvalue weighted by Gasteiger charge is 2.27. The molecule has 4 nitrogen and oxygen atoms in total. The molecule has 1 aliphatic rings. The molecule has 1 aliphatic heterocycles. The number of aromatic nitrogens is 1. The van der Waals surface area contributed by atoms with Crippen molar-refractivity contribution >= 4 is 28.8 Å². The first-order valence-corrected chi connectivity index (χ1v) is 11.5. The number of hydrogen-bond acceptors (Lipinski definition) is 3. The lowest BCUT2D eigenvalue weighted by atomic mass is 9.97.